The fourth-order valence-electron chi connectivity index (χ4n) is 2.77. The summed E-state index contributed by atoms with van der Waals surface area (Å²) in [7, 11) is 1.65. The molecular weight excluding hydrogens is 420 g/mol. The second-order valence-corrected chi connectivity index (χ2v) is 7.81. The van der Waals surface area contributed by atoms with Crippen molar-refractivity contribution >= 4 is 24.1 Å². The van der Waals surface area contributed by atoms with Crippen molar-refractivity contribution in [1.82, 2.24) is 20.2 Å². The lowest BCUT2D eigenvalue weighted by molar-refractivity contribution is -0.116. The second kappa shape index (κ2) is 9.79. The van der Waals surface area contributed by atoms with E-state index in [-0.39, 0.29) is 0 Å². The van der Waals surface area contributed by atoms with E-state index in [4.69, 9.17) is 9.44 Å². The summed E-state index contributed by atoms with van der Waals surface area (Å²) in [4.78, 5) is 10.9. The summed E-state index contributed by atoms with van der Waals surface area (Å²) >= 11 is 2.20. The molecule has 7 nitrogen and oxygen atoms in total. The van der Waals surface area contributed by atoms with Gasteiger partial charge in [0.25, 0.3) is 0 Å². The molecule has 0 spiro atoms. The lowest BCUT2D eigenvalue weighted by atomic mass is 10.1. The highest BCUT2D eigenvalue weighted by Gasteiger charge is 2.08. The van der Waals surface area contributed by atoms with E-state index in [1.807, 2.05) is 60.7 Å². The summed E-state index contributed by atoms with van der Waals surface area (Å²) < 4.78 is 9.14. The van der Waals surface area contributed by atoms with Gasteiger partial charge in [-0.05, 0) is 35.9 Å². The van der Waals surface area contributed by atoms with E-state index in [1.54, 1.807) is 19.5 Å². The second-order valence-electron chi connectivity index (χ2n) is 6.05. The minimum absolute atomic E-state index is 0.447. The van der Waals surface area contributed by atoms with Gasteiger partial charge in [0.15, 0.2) is 0 Å². The van der Waals surface area contributed by atoms with E-state index >= 15 is 0 Å². The Bertz CT molecular complexity index is 1110. The molecule has 2 aromatic carbocycles. The van der Waals surface area contributed by atoms with Crippen molar-refractivity contribution in [1.29, 1.82) is 0 Å². The summed E-state index contributed by atoms with van der Waals surface area (Å²) in [5.41, 5.74) is 4.25. The van der Waals surface area contributed by atoms with Gasteiger partial charge in [0.05, 0.1) is 31.0 Å². The Kier molecular flexibility index (Phi) is 6.67. The van der Waals surface area contributed by atoms with Crippen LogP contribution in [-0.4, -0.2) is 32.5 Å². The molecule has 4 rings (SSSR count). The van der Waals surface area contributed by atoms with Gasteiger partial charge in [-0.2, -0.15) is 9.43 Å². The summed E-state index contributed by atoms with van der Waals surface area (Å²) in [5, 5.41) is 16.7. The smallest absolute Gasteiger partial charge is 0.200 e. The lowest BCUT2D eigenvalue weighted by Crippen LogP contribution is -1.96. The quantitative estimate of drug-likeness (QED) is 0.232. The van der Waals surface area contributed by atoms with Gasteiger partial charge in [-0.15, -0.1) is 5.10 Å². The molecule has 0 saturated heterocycles. The van der Waals surface area contributed by atoms with Gasteiger partial charge < -0.3 is 4.18 Å². The molecule has 0 radical (unpaired) electrons. The highest BCUT2D eigenvalue weighted by atomic mass is 32.2. The average molecular weight is 437 g/mol. The predicted molar refractivity (Wildman–Crippen MR) is 116 cm³/mol. The van der Waals surface area contributed by atoms with Crippen molar-refractivity contribution in [2.75, 3.05) is 7.11 Å². The third-order valence-electron chi connectivity index (χ3n) is 4.20. The van der Waals surface area contributed by atoms with Crippen LogP contribution in [0.1, 0.15) is 0 Å². The summed E-state index contributed by atoms with van der Waals surface area (Å²) in [6, 6.07) is 19.3. The number of pyridine rings is 1. The lowest BCUT2D eigenvalue weighted by Gasteiger charge is -2.06. The van der Waals surface area contributed by atoms with Gasteiger partial charge in [0, 0.05) is 39.2 Å². The zero-order chi connectivity index (χ0) is 20.8. The standard InChI is InChI=1S/C21H16N4O3S2/c1-27-29-17-7-2-14(3-8-17)16-6-11-19(22-12-16)21-24-20(13-23-25-21)15-4-9-18(10-5-15)30-28-26/h2-13,26H,1H3. The van der Waals surface area contributed by atoms with Crippen molar-refractivity contribution in [3.63, 3.8) is 0 Å². The van der Waals surface area contributed by atoms with E-state index in [9.17, 15) is 0 Å². The van der Waals surface area contributed by atoms with E-state index < -0.39 is 0 Å². The first-order valence-corrected chi connectivity index (χ1v) is 10.3. The van der Waals surface area contributed by atoms with Crippen molar-refractivity contribution in [2.24, 2.45) is 0 Å². The molecule has 0 unspecified atom stereocenters. The van der Waals surface area contributed by atoms with Gasteiger partial charge >= 0.3 is 0 Å². The van der Waals surface area contributed by atoms with Crippen LogP contribution in [0, 0.1) is 0 Å². The first-order chi connectivity index (χ1) is 14.8. The fraction of sp³-hybridized carbons (Fsp3) is 0.0476. The largest absolute Gasteiger partial charge is 0.314 e. The molecule has 0 fully saturated rings. The van der Waals surface area contributed by atoms with Crippen molar-refractivity contribution < 1.29 is 13.8 Å². The van der Waals surface area contributed by atoms with Crippen molar-refractivity contribution in [3.05, 3.63) is 73.1 Å². The fourth-order valence-corrected chi connectivity index (χ4v) is 3.54. The third kappa shape index (κ3) is 4.84. The molecule has 0 atom stereocenters. The molecule has 0 aliphatic heterocycles. The Morgan fingerprint density at radius 2 is 1.40 bits per heavy atom. The summed E-state index contributed by atoms with van der Waals surface area (Å²) in [6.07, 6.45) is 3.40. The monoisotopic (exact) mass is 436 g/mol. The molecule has 0 bridgehead atoms. The number of hydrogen-bond acceptors (Lipinski definition) is 9. The number of nitrogens with zero attached hydrogens (tertiary/aromatic N) is 4. The Morgan fingerprint density at radius 3 is 2.03 bits per heavy atom. The maximum absolute atomic E-state index is 8.51. The number of aromatic nitrogens is 4. The topological polar surface area (TPSA) is 90.3 Å². The highest BCUT2D eigenvalue weighted by molar-refractivity contribution is 7.94. The first-order valence-electron chi connectivity index (χ1n) is 8.82. The van der Waals surface area contributed by atoms with Crippen LogP contribution in [0.3, 0.4) is 0 Å². The SMILES string of the molecule is COSc1ccc(-c2ccc(-c3nncc(-c4ccc(SOO)cc4)n3)nc2)cc1. The minimum atomic E-state index is 0.447. The predicted octanol–water partition coefficient (Wildman–Crippen LogP) is 5.42. The Labute approximate surface area is 181 Å². The van der Waals surface area contributed by atoms with Crippen molar-refractivity contribution in [3.8, 4) is 33.9 Å². The Morgan fingerprint density at radius 1 is 0.733 bits per heavy atom. The zero-order valence-electron chi connectivity index (χ0n) is 15.8. The zero-order valence-corrected chi connectivity index (χ0v) is 17.4. The van der Waals surface area contributed by atoms with Crippen LogP contribution in [-0.2, 0) is 8.52 Å². The van der Waals surface area contributed by atoms with Gasteiger partial charge in [0.2, 0.25) is 5.82 Å². The van der Waals surface area contributed by atoms with Gasteiger partial charge in [-0.25, -0.2) is 10.2 Å². The molecule has 2 aromatic heterocycles. The molecule has 0 amide bonds. The molecule has 2 heterocycles. The van der Waals surface area contributed by atoms with Gasteiger partial charge in [-0.1, -0.05) is 30.3 Å². The van der Waals surface area contributed by atoms with Crippen LogP contribution in [0.25, 0.3) is 33.9 Å². The van der Waals surface area contributed by atoms with Crippen LogP contribution in [0.15, 0.2) is 82.8 Å². The maximum atomic E-state index is 8.51. The summed E-state index contributed by atoms with van der Waals surface area (Å²) in [6.45, 7) is 0. The first kappa shape index (κ1) is 20.5. The van der Waals surface area contributed by atoms with E-state index in [0.29, 0.717) is 17.2 Å². The van der Waals surface area contributed by atoms with E-state index in [2.05, 4.69) is 24.5 Å². The number of hydrogen-bond donors (Lipinski definition) is 1. The Balaban J connectivity index is 1.55. The molecule has 0 saturated carbocycles. The van der Waals surface area contributed by atoms with Crippen LogP contribution >= 0.6 is 24.1 Å². The molecular formula is C21H16N4O3S2. The molecule has 30 heavy (non-hydrogen) atoms. The molecule has 1 N–H and O–H groups in total. The van der Waals surface area contributed by atoms with Gasteiger partial charge in [0.1, 0.15) is 5.69 Å². The maximum Gasteiger partial charge on any atom is 0.200 e. The highest BCUT2D eigenvalue weighted by Crippen LogP contribution is 2.26. The third-order valence-corrected chi connectivity index (χ3v) is 5.37. The number of rotatable bonds is 7. The van der Waals surface area contributed by atoms with E-state index in [0.717, 1.165) is 38.5 Å². The van der Waals surface area contributed by atoms with Crippen LogP contribution < -0.4 is 0 Å². The molecule has 4 aromatic rings. The molecule has 0 aliphatic rings. The molecule has 0 aliphatic carbocycles. The van der Waals surface area contributed by atoms with Gasteiger partial charge in [-0.3, -0.25) is 4.98 Å². The average Bonchev–Trinajstić information content (AvgIpc) is 2.81. The molecule has 150 valence electrons. The van der Waals surface area contributed by atoms with Crippen LogP contribution in [0.2, 0.25) is 0 Å². The van der Waals surface area contributed by atoms with Crippen LogP contribution in [0.5, 0.6) is 0 Å². The summed E-state index contributed by atoms with van der Waals surface area (Å²) in [5.74, 6) is 0.447. The minimum Gasteiger partial charge on any atom is -0.314 e. The molecule has 9 heteroatoms. The Hall–Kier alpha value is -2.82. The normalized spacial score (nSPS) is 10.9. The number of benzene rings is 2. The van der Waals surface area contributed by atoms with E-state index in [1.165, 1.54) is 12.0 Å². The van der Waals surface area contributed by atoms with Crippen LogP contribution in [0.4, 0.5) is 0 Å². The van der Waals surface area contributed by atoms with Crippen molar-refractivity contribution in [2.45, 2.75) is 9.79 Å².